The first-order chi connectivity index (χ1) is 12.0. The Morgan fingerprint density at radius 1 is 1.28 bits per heavy atom. The minimum absolute atomic E-state index is 0.0485. The number of piperidine rings is 1. The van der Waals surface area contributed by atoms with E-state index in [0.29, 0.717) is 12.0 Å². The summed E-state index contributed by atoms with van der Waals surface area (Å²) in [6, 6.07) is 8.35. The van der Waals surface area contributed by atoms with E-state index in [1.54, 1.807) is 0 Å². The van der Waals surface area contributed by atoms with Crippen molar-refractivity contribution >= 4 is 5.91 Å². The lowest BCUT2D eigenvalue weighted by molar-refractivity contribution is -0.125. The Hall–Kier alpha value is -1.39. The van der Waals surface area contributed by atoms with Gasteiger partial charge in [-0.1, -0.05) is 31.2 Å². The predicted molar refractivity (Wildman–Crippen MR) is 102 cm³/mol. The first-order valence-electron chi connectivity index (χ1n) is 9.78. The van der Waals surface area contributed by atoms with Crippen molar-refractivity contribution in [3.05, 3.63) is 35.4 Å². The molecule has 1 aromatic rings. The van der Waals surface area contributed by atoms with Gasteiger partial charge in [-0.2, -0.15) is 0 Å². The lowest BCUT2D eigenvalue weighted by Gasteiger charge is -2.37. The lowest BCUT2D eigenvalue weighted by atomic mass is 9.76. The van der Waals surface area contributed by atoms with Crippen LogP contribution in [0.3, 0.4) is 0 Å². The molecule has 0 aromatic heterocycles. The van der Waals surface area contributed by atoms with Gasteiger partial charge in [-0.05, 0) is 75.8 Å². The SMILES string of the molecule is CCCN1CC2(CCN(C)CC2)C[C@@H]1C(=O)NCc1ccccc1C. The minimum atomic E-state index is 0.0485. The van der Waals surface area contributed by atoms with Gasteiger partial charge >= 0.3 is 0 Å². The highest BCUT2D eigenvalue weighted by Gasteiger charge is 2.47. The van der Waals surface area contributed by atoms with Crippen LogP contribution in [-0.4, -0.2) is 55.0 Å². The third-order valence-corrected chi connectivity index (χ3v) is 6.18. The third-order valence-electron chi connectivity index (χ3n) is 6.18. The highest BCUT2D eigenvalue weighted by atomic mass is 16.2. The van der Waals surface area contributed by atoms with Crippen LogP contribution < -0.4 is 5.32 Å². The van der Waals surface area contributed by atoms with E-state index in [1.165, 1.54) is 24.0 Å². The Morgan fingerprint density at radius 2 is 2.00 bits per heavy atom. The Labute approximate surface area is 152 Å². The third kappa shape index (κ3) is 4.24. The van der Waals surface area contributed by atoms with Crippen LogP contribution in [0.5, 0.6) is 0 Å². The van der Waals surface area contributed by atoms with Gasteiger partial charge in [0.15, 0.2) is 0 Å². The Kier molecular flexibility index (Phi) is 5.80. The molecule has 2 fully saturated rings. The monoisotopic (exact) mass is 343 g/mol. The molecule has 2 heterocycles. The summed E-state index contributed by atoms with van der Waals surface area (Å²) in [6.45, 7) is 9.40. The molecule has 0 radical (unpaired) electrons. The van der Waals surface area contributed by atoms with E-state index in [2.05, 4.69) is 48.1 Å². The van der Waals surface area contributed by atoms with E-state index < -0.39 is 0 Å². The first kappa shape index (κ1) is 18.4. The van der Waals surface area contributed by atoms with Crippen molar-refractivity contribution in [2.24, 2.45) is 5.41 Å². The Balaban J connectivity index is 1.64. The molecule has 1 atom stereocenters. The zero-order chi connectivity index (χ0) is 17.9. The van der Waals surface area contributed by atoms with Crippen molar-refractivity contribution in [2.45, 2.75) is 52.1 Å². The first-order valence-corrected chi connectivity index (χ1v) is 9.78. The maximum absolute atomic E-state index is 12.9. The predicted octanol–water partition coefficient (Wildman–Crippen LogP) is 2.81. The second-order valence-corrected chi connectivity index (χ2v) is 8.14. The van der Waals surface area contributed by atoms with Gasteiger partial charge in [0.1, 0.15) is 0 Å². The van der Waals surface area contributed by atoms with Crippen molar-refractivity contribution in [3.63, 3.8) is 0 Å². The number of carbonyl (C=O) groups excluding carboxylic acids is 1. The molecule has 1 amide bonds. The fourth-order valence-electron chi connectivity index (χ4n) is 4.49. The maximum Gasteiger partial charge on any atom is 0.237 e. The van der Waals surface area contributed by atoms with Gasteiger partial charge in [0.2, 0.25) is 5.91 Å². The number of hydrogen-bond donors (Lipinski definition) is 1. The number of nitrogens with zero attached hydrogens (tertiary/aromatic N) is 2. The molecule has 1 aromatic carbocycles. The summed E-state index contributed by atoms with van der Waals surface area (Å²) < 4.78 is 0. The second-order valence-electron chi connectivity index (χ2n) is 8.14. The Morgan fingerprint density at radius 3 is 2.68 bits per heavy atom. The standard InChI is InChI=1S/C21H33N3O/c1-4-11-24-16-21(9-12-23(3)13-10-21)14-19(24)20(25)22-15-18-8-6-5-7-17(18)2/h5-8,19H,4,9-16H2,1-3H3,(H,22,25)/t19-/m1/s1. The summed E-state index contributed by atoms with van der Waals surface area (Å²) in [6.07, 6.45) is 4.59. The summed E-state index contributed by atoms with van der Waals surface area (Å²) >= 11 is 0. The largest absolute Gasteiger partial charge is 0.351 e. The molecule has 4 nitrogen and oxygen atoms in total. The van der Waals surface area contributed by atoms with Gasteiger partial charge in [0.25, 0.3) is 0 Å². The maximum atomic E-state index is 12.9. The lowest BCUT2D eigenvalue weighted by Crippen LogP contribution is -2.43. The molecule has 0 saturated carbocycles. The molecule has 0 unspecified atom stereocenters. The fraction of sp³-hybridized carbons (Fsp3) is 0.667. The molecule has 4 heteroatoms. The summed E-state index contributed by atoms with van der Waals surface area (Å²) in [5.74, 6) is 0.215. The van der Waals surface area contributed by atoms with Crippen LogP contribution in [0.15, 0.2) is 24.3 Å². The van der Waals surface area contributed by atoms with Crippen LogP contribution in [0.25, 0.3) is 0 Å². The van der Waals surface area contributed by atoms with Gasteiger partial charge < -0.3 is 10.2 Å². The van der Waals surface area contributed by atoms with Crippen molar-refractivity contribution in [1.29, 1.82) is 0 Å². The highest BCUT2D eigenvalue weighted by Crippen LogP contribution is 2.43. The zero-order valence-electron chi connectivity index (χ0n) is 16.1. The molecule has 138 valence electrons. The molecule has 0 aliphatic carbocycles. The van der Waals surface area contributed by atoms with E-state index >= 15 is 0 Å². The van der Waals surface area contributed by atoms with Gasteiger partial charge in [0.05, 0.1) is 6.04 Å². The number of likely N-dealkylation sites (tertiary alicyclic amines) is 2. The number of carbonyl (C=O) groups is 1. The van der Waals surface area contributed by atoms with Crippen molar-refractivity contribution in [2.75, 3.05) is 33.2 Å². The number of amides is 1. The molecule has 0 bridgehead atoms. The topological polar surface area (TPSA) is 35.6 Å². The van der Waals surface area contributed by atoms with Gasteiger partial charge in [-0.3, -0.25) is 9.69 Å². The van der Waals surface area contributed by atoms with Crippen LogP contribution in [-0.2, 0) is 11.3 Å². The number of aryl methyl sites for hydroxylation is 1. The molecular weight excluding hydrogens is 310 g/mol. The van der Waals surface area contributed by atoms with Crippen LogP contribution in [0.1, 0.15) is 43.7 Å². The molecule has 2 aliphatic heterocycles. The zero-order valence-corrected chi connectivity index (χ0v) is 16.1. The summed E-state index contributed by atoms with van der Waals surface area (Å²) in [7, 11) is 2.21. The van der Waals surface area contributed by atoms with E-state index in [4.69, 9.17) is 0 Å². The van der Waals surface area contributed by atoms with Crippen LogP contribution in [0, 0.1) is 12.3 Å². The van der Waals surface area contributed by atoms with E-state index in [1.807, 2.05) is 12.1 Å². The Bertz CT molecular complexity index is 593. The van der Waals surface area contributed by atoms with Crippen LogP contribution in [0.2, 0.25) is 0 Å². The van der Waals surface area contributed by atoms with Gasteiger partial charge in [-0.15, -0.1) is 0 Å². The number of benzene rings is 1. The average molecular weight is 344 g/mol. The average Bonchev–Trinajstić information content (AvgIpc) is 2.96. The summed E-state index contributed by atoms with van der Waals surface area (Å²) in [4.78, 5) is 17.8. The van der Waals surface area contributed by atoms with E-state index in [-0.39, 0.29) is 11.9 Å². The number of hydrogen-bond acceptors (Lipinski definition) is 3. The van der Waals surface area contributed by atoms with Gasteiger partial charge in [-0.25, -0.2) is 0 Å². The molecular formula is C21H33N3O. The molecule has 2 saturated heterocycles. The van der Waals surface area contributed by atoms with Crippen LogP contribution in [0.4, 0.5) is 0 Å². The summed E-state index contributed by atoms with van der Waals surface area (Å²) in [5, 5.41) is 3.21. The normalized spacial score (nSPS) is 23.9. The molecule has 25 heavy (non-hydrogen) atoms. The minimum Gasteiger partial charge on any atom is -0.351 e. The number of nitrogens with one attached hydrogen (secondary N) is 1. The molecule has 1 N–H and O–H groups in total. The molecule has 2 aliphatic rings. The van der Waals surface area contributed by atoms with Crippen molar-refractivity contribution in [1.82, 2.24) is 15.1 Å². The molecule has 3 rings (SSSR count). The van der Waals surface area contributed by atoms with Crippen molar-refractivity contribution in [3.8, 4) is 0 Å². The molecule has 1 spiro atoms. The quantitative estimate of drug-likeness (QED) is 0.893. The van der Waals surface area contributed by atoms with Gasteiger partial charge in [0, 0.05) is 13.1 Å². The van der Waals surface area contributed by atoms with E-state index in [0.717, 1.165) is 39.0 Å². The smallest absolute Gasteiger partial charge is 0.237 e. The summed E-state index contributed by atoms with van der Waals surface area (Å²) in [5.41, 5.74) is 2.81. The van der Waals surface area contributed by atoms with Crippen molar-refractivity contribution < 1.29 is 4.79 Å². The van der Waals surface area contributed by atoms with E-state index in [9.17, 15) is 4.79 Å². The highest BCUT2D eigenvalue weighted by molar-refractivity contribution is 5.82. The second kappa shape index (κ2) is 7.88. The van der Waals surface area contributed by atoms with Crippen LogP contribution >= 0.6 is 0 Å². The number of rotatable bonds is 5. The fourth-order valence-corrected chi connectivity index (χ4v) is 4.49.